The van der Waals surface area contributed by atoms with Gasteiger partial charge in [-0.1, -0.05) is 6.07 Å². The highest BCUT2D eigenvalue weighted by molar-refractivity contribution is 7.92. The number of carbonyl (C=O) groups is 2. The van der Waals surface area contributed by atoms with Gasteiger partial charge in [-0.25, -0.2) is 13.2 Å². The SMILES string of the molecule is Cc1ccc(S(=O)(=O)Nc2ccc(C(=O)Nc3ccc(NC(N)=O)cc3)cc2)cc1[N+](=O)[O-]. The predicted molar refractivity (Wildman–Crippen MR) is 123 cm³/mol. The third-order valence-electron chi connectivity index (χ3n) is 4.50. The van der Waals surface area contributed by atoms with Gasteiger partial charge < -0.3 is 16.4 Å². The molecule has 3 amide bonds. The first kappa shape index (κ1) is 23.2. The average Bonchev–Trinajstić information content (AvgIpc) is 2.75. The highest BCUT2D eigenvalue weighted by atomic mass is 32.2. The van der Waals surface area contributed by atoms with Crippen LogP contribution in [-0.2, 0) is 10.0 Å². The summed E-state index contributed by atoms with van der Waals surface area (Å²) in [6.45, 7) is 1.51. The summed E-state index contributed by atoms with van der Waals surface area (Å²) in [6, 6.07) is 14.8. The van der Waals surface area contributed by atoms with Crippen molar-refractivity contribution in [2.75, 3.05) is 15.4 Å². The van der Waals surface area contributed by atoms with Crippen LogP contribution < -0.4 is 21.1 Å². The van der Waals surface area contributed by atoms with Crippen molar-refractivity contribution in [3.8, 4) is 0 Å². The molecule has 33 heavy (non-hydrogen) atoms. The molecule has 0 saturated heterocycles. The molecule has 0 unspecified atom stereocenters. The highest BCUT2D eigenvalue weighted by Crippen LogP contribution is 2.24. The number of hydrogen-bond donors (Lipinski definition) is 4. The number of nitro benzene ring substituents is 1. The van der Waals surface area contributed by atoms with E-state index in [2.05, 4.69) is 15.4 Å². The summed E-state index contributed by atoms with van der Waals surface area (Å²) in [5, 5.41) is 16.2. The fourth-order valence-electron chi connectivity index (χ4n) is 2.84. The van der Waals surface area contributed by atoms with Crippen molar-refractivity contribution in [2.45, 2.75) is 11.8 Å². The summed E-state index contributed by atoms with van der Waals surface area (Å²) < 4.78 is 27.5. The lowest BCUT2D eigenvalue weighted by atomic mass is 10.2. The lowest BCUT2D eigenvalue weighted by Gasteiger charge is -2.10. The van der Waals surface area contributed by atoms with Gasteiger partial charge in [0.1, 0.15) is 0 Å². The van der Waals surface area contributed by atoms with Crippen molar-refractivity contribution in [1.82, 2.24) is 0 Å². The number of rotatable bonds is 7. The third kappa shape index (κ3) is 5.83. The Morgan fingerprint density at radius 2 is 1.42 bits per heavy atom. The number of carbonyl (C=O) groups excluding carboxylic acids is 2. The Balaban J connectivity index is 1.69. The second-order valence-electron chi connectivity index (χ2n) is 6.91. The van der Waals surface area contributed by atoms with Crippen LogP contribution in [-0.4, -0.2) is 25.3 Å². The molecule has 0 aliphatic heterocycles. The molecule has 0 fully saturated rings. The summed E-state index contributed by atoms with van der Waals surface area (Å²) in [4.78, 5) is 33.4. The largest absolute Gasteiger partial charge is 0.351 e. The second-order valence-corrected chi connectivity index (χ2v) is 8.59. The number of nitrogens with zero attached hydrogens (tertiary/aromatic N) is 1. The van der Waals surface area contributed by atoms with E-state index in [9.17, 15) is 28.1 Å². The van der Waals surface area contributed by atoms with Gasteiger partial charge in [0.2, 0.25) is 0 Å². The summed E-state index contributed by atoms with van der Waals surface area (Å²) in [6.07, 6.45) is 0. The molecule has 0 radical (unpaired) electrons. The maximum absolute atomic E-state index is 12.6. The number of nitrogens with two attached hydrogens (primary N) is 1. The van der Waals surface area contributed by atoms with E-state index in [0.717, 1.165) is 6.07 Å². The molecule has 0 aromatic heterocycles. The topological polar surface area (TPSA) is 174 Å². The number of primary amides is 1. The number of aryl methyl sites for hydroxylation is 1. The number of amides is 3. The van der Waals surface area contributed by atoms with Crippen LogP contribution in [0.25, 0.3) is 0 Å². The zero-order valence-corrected chi connectivity index (χ0v) is 18.0. The molecule has 0 spiro atoms. The Morgan fingerprint density at radius 1 is 0.879 bits per heavy atom. The number of sulfonamides is 1. The Labute approximate surface area is 188 Å². The Hall–Kier alpha value is -4.45. The molecule has 11 nitrogen and oxygen atoms in total. The van der Waals surface area contributed by atoms with E-state index in [1.807, 2.05) is 0 Å². The van der Waals surface area contributed by atoms with E-state index in [4.69, 9.17) is 5.73 Å². The summed E-state index contributed by atoms with van der Waals surface area (Å²) >= 11 is 0. The van der Waals surface area contributed by atoms with Gasteiger partial charge in [0.05, 0.1) is 9.82 Å². The van der Waals surface area contributed by atoms with Crippen molar-refractivity contribution in [3.63, 3.8) is 0 Å². The molecule has 0 atom stereocenters. The maximum Gasteiger partial charge on any atom is 0.316 e. The Morgan fingerprint density at radius 3 is 1.97 bits per heavy atom. The maximum atomic E-state index is 12.6. The number of urea groups is 1. The first-order valence-corrected chi connectivity index (χ1v) is 10.9. The number of nitro groups is 1. The van der Waals surface area contributed by atoms with Gasteiger partial charge in [0.25, 0.3) is 21.6 Å². The lowest BCUT2D eigenvalue weighted by molar-refractivity contribution is -0.385. The van der Waals surface area contributed by atoms with Gasteiger partial charge >= 0.3 is 6.03 Å². The van der Waals surface area contributed by atoms with Gasteiger partial charge in [-0.3, -0.25) is 19.6 Å². The molecule has 0 aliphatic carbocycles. The molecular weight excluding hydrogens is 450 g/mol. The number of hydrogen-bond acceptors (Lipinski definition) is 6. The van der Waals surface area contributed by atoms with Gasteiger partial charge in [0, 0.05) is 34.3 Å². The summed E-state index contributed by atoms with van der Waals surface area (Å²) in [5.74, 6) is -0.436. The summed E-state index contributed by atoms with van der Waals surface area (Å²) in [7, 11) is -4.07. The minimum absolute atomic E-state index is 0.177. The fraction of sp³-hybridized carbons (Fsp3) is 0.0476. The Kier molecular flexibility index (Phi) is 6.59. The van der Waals surface area contributed by atoms with Crippen molar-refractivity contribution in [2.24, 2.45) is 5.73 Å². The molecule has 3 aromatic rings. The molecule has 3 rings (SSSR count). The van der Waals surface area contributed by atoms with Crippen LogP contribution in [0.1, 0.15) is 15.9 Å². The van der Waals surface area contributed by atoms with E-state index < -0.39 is 26.9 Å². The van der Waals surface area contributed by atoms with E-state index in [-0.39, 0.29) is 21.8 Å². The average molecular weight is 469 g/mol. The van der Waals surface area contributed by atoms with Crippen molar-refractivity contribution >= 4 is 44.7 Å². The molecule has 0 aliphatic rings. The zero-order valence-electron chi connectivity index (χ0n) is 17.2. The van der Waals surface area contributed by atoms with Crippen LogP contribution >= 0.6 is 0 Å². The van der Waals surface area contributed by atoms with Crippen LogP contribution in [0.5, 0.6) is 0 Å². The second kappa shape index (κ2) is 9.36. The monoisotopic (exact) mass is 469 g/mol. The summed E-state index contributed by atoms with van der Waals surface area (Å²) in [5.41, 5.74) is 6.46. The molecule has 0 heterocycles. The standard InChI is InChI=1S/C21H19N5O6S/c1-13-2-11-18(12-19(13)26(29)30)33(31,32)25-17-5-3-14(4-6-17)20(27)23-15-7-9-16(10-8-15)24-21(22)28/h2-12,25H,1H3,(H,23,27)(H3,22,24,28). The van der Waals surface area contributed by atoms with E-state index in [1.165, 1.54) is 43.3 Å². The van der Waals surface area contributed by atoms with E-state index >= 15 is 0 Å². The van der Waals surface area contributed by atoms with Crippen LogP contribution in [0.4, 0.5) is 27.5 Å². The van der Waals surface area contributed by atoms with Gasteiger partial charge in [0.15, 0.2) is 0 Å². The molecule has 3 aromatic carbocycles. The first-order valence-electron chi connectivity index (χ1n) is 9.41. The number of anilines is 3. The van der Waals surface area contributed by atoms with Crippen molar-refractivity contribution in [1.29, 1.82) is 0 Å². The number of nitrogens with one attached hydrogen (secondary N) is 3. The molecule has 0 bridgehead atoms. The minimum Gasteiger partial charge on any atom is -0.351 e. The lowest BCUT2D eigenvalue weighted by Crippen LogP contribution is -2.19. The molecular formula is C21H19N5O6S. The van der Waals surface area contributed by atoms with Crippen LogP contribution in [0, 0.1) is 17.0 Å². The van der Waals surface area contributed by atoms with E-state index in [1.54, 1.807) is 24.3 Å². The van der Waals surface area contributed by atoms with Crippen LogP contribution in [0.2, 0.25) is 0 Å². The zero-order chi connectivity index (χ0) is 24.2. The Bertz CT molecular complexity index is 1320. The smallest absolute Gasteiger partial charge is 0.316 e. The van der Waals surface area contributed by atoms with Gasteiger partial charge in [-0.2, -0.15) is 0 Å². The third-order valence-corrected chi connectivity index (χ3v) is 5.88. The molecule has 5 N–H and O–H groups in total. The van der Waals surface area contributed by atoms with E-state index in [0.29, 0.717) is 16.9 Å². The normalized spacial score (nSPS) is 10.8. The van der Waals surface area contributed by atoms with Crippen LogP contribution in [0.15, 0.2) is 71.6 Å². The van der Waals surface area contributed by atoms with Gasteiger partial charge in [-0.05, 0) is 61.5 Å². The first-order chi connectivity index (χ1) is 15.5. The van der Waals surface area contributed by atoms with Crippen LogP contribution in [0.3, 0.4) is 0 Å². The number of benzene rings is 3. The minimum atomic E-state index is -4.07. The van der Waals surface area contributed by atoms with Gasteiger partial charge in [-0.15, -0.1) is 0 Å². The predicted octanol–water partition coefficient (Wildman–Crippen LogP) is 3.45. The molecule has 170 valence electrons. The quantitative estimate of drug-likeness (QED) is 0.304. The van der Waals surface area contributed by atoms with Crippen molar-refractivity contribution < 1.29 is 22.9 Å². The highest BCUT2D eigenvalue weighted by Gasteiger charge is 2.20. The van der Waals surface area contributed by atoms with Crippen molar-refractivity contribution in [3.05, 3.63) is 88.0 Å². The molecule has 12 heteroatoms. The molecule has 0 saturated carbocycles. The fourth-order valence-corrected chi connectivity index (χ4v) is 3.92.